The first-order valence-corrected chi connectivity index (χ1v) is 9.97. The van der Waals surface area contributed by atoms with Crippen LogP contribution in [0.5, 0.6) is 17.2 Å². The second-order valence-corrected chi connectivity index (χ2v) is 7.06. The Balaban J connectivity index is 1.51. The van der Waals surface area contributed by atoms with Crippen molar-refractivity contribution in [1.82, 2.24) is 5.43 Å². The maximum Gasteiger partial charge on any atom is 0.343 e. The summed E-state index contributed by atoms with van der Waals surface area (Å²) in [4.78, 5) is 24.3. The summed E-state index contributed by atoms with van der Waals surface area (Å²) in [6.45, 7) is 0. The van der Waals surface area contributed by atoms with E-state index in [2.05, 4.69) is 10.5 Å². The zero-order valence-corrected chi connectivity index (χ0v) is 18.3. The number of nitrogens with zero attached hydrogens (tertiary/aromatic N) is 1. The van der Waals surface area contributed by atoms with Gasteiger partial charge in [0, 0.05) is 5.02 Å². The Labute approximate surface area is 190 Å². The van der Waals surface area contributed by atoms with E-state index in [0.29, 0.717) is 27.8 Å². The van der Waals surface area contributed by atoms with Crippen LogP contribution in [0.2, 0.25) is 5.02 Å². The highest BCUT2D eigenvalue weighted by Gasteiger charge is 2.09. The minimum atomic E-state index is -0.481. The number of amides is 1. The van der Waals surface area contributed by atoms with Crippen molar-refractivity contribution in [3.8, 4) is 17.2 Å². The van der Waals surface area contributed by atoms with Crippen molar-refractivity contribution >= 4 is 29.7 Å². The van der Waals surface area contributed by atoms with E-state index < -0.39 is 5.97 Å². The highest BCUT2D eigenvalue weighted by atomic mass is 35.5. The lowest BCUT2D eigenvalue weighted by molar-refractivity contribution is -0.120. The molecule has 1 N–H and O–H groups in total. The molecule has 164 valence electrons. The van der Waals surface area contributed by atoms with Crippen LogP contribution in [0.1, 0.15) is 21.5 Å². The summed E-state index contributed by atoms with van der Waals surface area (Å²) in [6, 6.07) is 18.4. The van der Waals surface area contributed by atoms with Gasteiger partial charge in [-0.25, -0.2) is 10.2 Å². The Hall–Kier alpha value is -3.84. The van der Waals surface area contributed by atoms with Gasteiger partial charge >= 0.3 is 5.97 Å². The number of hydrazone groups is 1. The van der Waals surface area contributed by atoms with Crippen molar-refractivity contribution in [3.63, 3.8) is 0 Å². The summed E-state index contributed by atoms with van der Waals surface area (Å²) < 4.78 is 15.7. The van der Waals surface area contributed by atoms with Crippen molar-refractivity contribution in [2.45, 2.75) is 6.42 Å². The zero-order valence-electron chi connectivity index (χ0n) is 17.5. The van der Waals surface area contributed by atoms with E-state index in [-0.39, 0.29) is 12.3 Å². The number of carbonyl (C=O) groups excluding carboxylic acids is 2. The second kappa shape index (κ2) is 11.0. The fraction of sp³-hybridized carbons (Fsp3) is 0.125. The van der Waals surface area contributed by atoms with Gasteiger partial charge in [0.1, 0.15) is 5.75 Å². The Morgan fingerprint density at radius 3 is 2.28 bits per heavy atom. The lowest BCUT2D eigenvalue weighted by Gasteiger charge is -2.09. The molecule has 0 spiro atoms. The lowest BCUT2D eigenvalue weighted by Crippen LogP contribution is -2.19. The fourth-order valence-corrected chi connectivity index (χ4v) is 2.89. The Morgan fingerprint density at radius 1 is 0.938 bits per heavy atom. The van der Waals surface area contributed by atoms with Crippen LogP contribution in [0.15, 0.2) is 71.8 Å². The molecule has 7 nitrogen and oxygen atoms in total. The Morgan fingerprint density at radius 2 is 1.62 bits per heavy atom. The standard InChI is InChI=1S/C24H21ClN2O5/c1-30-21-12-5-17(13-22(21)31-2)14-23(28)27-26-15-16-3-10-20(11-4-16)32-24(29)18-6-8-19(25)9-7-18/h3-13,15H,14H2,1-2H3,(H,27,28)/b26-15-. The van der Waals surface area contributed by atoms with Crippen molar-refractivity contribution in [1.29, 1.82) is 0 Å². The first-order chi connectivity index (χ1) is 15.5. The van der Waals surface area contributed by atoms with E-state index >= 15 is 0 Å². The van der Waals surface area contributed by atoms with Gasteiger partial charge in [0.15, 0.2) is 11.5 Å². The number of ether oxygens (including phenoxy) is 3. The molecule has 1 amide bonds. The predicted octanol–water partition coefficient (Wildman–Crippen LogP) is 4.27. The molecule has 0 fully saturated rings. The van der Waals surface area contributed by atoms with Crippen LogP contribution in [-0.2, 0) is 11.2 Å². The van der Waals surface area contributed by atoms with Gasteiger partial charge in [-0.15, -0.1) is 0 Å². The first-order valence-electron chi connectivity index (χ1n) is 9.59. The number of benzene rings is 3. The van der Waals surface area contributed by atoms with Gasteiger partial charge in [0.25, 0.3) is 0 Å². The van der Waals surface area contributed by atoms with Crippen LogP contribution in [0.25, 0.3) is 0 Å². The van der Waals surface area contributed by atoms with Crippen LogP contribution in [-0.4, -0.2) is 32.3 Å². The highest BCUT2D eigenvalue weighted by Crippen LogP contribution is 2.27. The number of hydrogen-bond donors (Lipinski definition) is 1. The largest absolute Gasteiger partial charge is 0.493 e. The average Bonchev–Trinajstić information content (AvgIpc) is 2.80. The molecule has 0 saturated heterocycles. The van der Waals surface area contributed by atoms with Gasteiger partial charge in [-0.3, -0.25) is 4.79 Å². The minimum Gasteiger partial charge on any atom is -0.493 e. The topological polar surface area (TPSA) is 86.2 Å². The van der Waals surface area contributed by atoms with Crippen LogP contribution < -0.4 is 19.6 Å². The number of hydrogen-bond acceptors (Lipinski definition) is 6. The number of halogens is 1. The van der Waals surface area contributed by atoms with Crippen LogP contribution >= 0.6 is 11.6 Å². The van der Waals surface area contributed by atoms with Crippen molar-refractivity contribution < 1.29 is 23.8 Å². The first kappa shape index (κ1) is 22.8. The maximum atomic E-state index is 12.1. The summed E-state index contributed by atoms with van der Waals surface area (Å²) in [5, 5.41) is 4.50. The molecule has 3 aromatic carbocycles. The molecule has 3 aromatic rings. The lowest BCUT2D eigenvalue weighted by atomic mass is 10.1. The van der Waals surface area contributed by atoms with Crippen LogP contribution in [0.3, 0.4) is 0 Å². The number of methoxy groups -OCH3 is 2. The van der Waals surface area contributed by atoms with Gasteiger partial charge in [-0.2, -0.15) is 5.10 Å². The quantitative estimate of drug-likeness (QED) is 0.239. The van der Waals surface area contributed by atoms with Gasteiger partial charge in [-0.1, -0.05) is 17.7 Å². The molecule has 0 bridgehead atoms. The number of carbonyl (C=O) groups is 2. The molecule has 0 aromatic heterocycles. The van der Waals surface area contributed by atoms with E-state index in [9.17, 15) is 9.59 Å². The molecular weight excluding hydrogens is 432 g/mol. The van der Waals surface area contributed by atoms with E-state index in [4.69, 9.17) is 25.8 Å². The maximum absolute atomic E-state index is 12.1. The van der Waals surface area contributed by atoms with E-state index in [1.165, 1.54) is 13.3 Å². The molecule has 0 unspecified atom stereocenters. The van der Waals surface area contributed by atoms with Crippen LogP contribution in [0.4, 0.5) is 0 Å². The molecule has 3 rings (SSSR count). The molecule has 0 atom stereocenters. The molecule has 32 heavy (non-hydrogen) atoms. The van der Waals surface area contributed by atoms with E-state index in [1.54, 1.807) is 73.8 Å². The van der Waals surface area contributed by atoms with E-state index in [1.807, 2.05) is 0 Å². The normalized spacial score (nSPS) is 10.6. The Kier molecular flexibility index (Phi) is 7.83. The predicted molar refractivity (Wildman–Crippen MR) is 122 cm³/mol. The molecular formula is C24H21ClN2O5. The number of rotatable bonds is 8. The smallest absolute Gasteiger partial charge is 0.343 e. The third-order valence-electron chi connectivity index (χ3n) is 4.39. The summed E-state index contributed by atoms with van der Waals surface area (Å²) in [5.74, 6) is 0.780. The van der Waals surface area contributed by atoms with Gasteiger partial charge in [0.2, 0.25) is 5.91 Å². The minimum absolute atomic E-state index is 0.136. The van der Waals surface area contributed by atoms with Gasteiger partial charge in [0.05, 0.1) is 32.4 Å². The highest BCUT2D eigenvalue weighted by molar-refractivity contribution is 6.30. The fourth-order valence-electron chi connectivity index (χ4n) is 2.77. The third-order valence-corrected chi connectivity index (χ3v) is 4.64. The third kappa shape index (κ3) is 6.33. The molecule has 0 aliphatic rings. The van der Waals surface area contributed by atoms with Gasteiger partial charge < -0.3 is 14.2 Å². The SMILES string of the molecule is COc1ccc(CC(=O)N/N=C\c2ccc(OC(=O)c3ccc(Cl)cc3)cc2)cc1OC. The van der Waals surface area contributed by atoms with Gasteiger partial charge in [-0.05, 0) is 71.8 Å². The molecule has 0 radical (unpaired) electrons. The number of nitrogens with one attached hydrogen (secondary N) is 1. The summed E-state index contributed by atoms with van der Waals surface area (Å²) >= 11 is 5.82. The molecule has 8 heteroatoms. The molecule has 0 saturated carbocycles. The Bertz CT molecular complexity index is 1110. The van der Waals surface area contributed by atoms with Crippen molar-refractivity contribution in [2.24, 2.45) is 5.10 Å². The number of esters is 1. The zero-order chi connectivity index (χ0) is 22.9. The molecule has 0 aliphatic carbocycles. The monoisotopic (exact) mass is 452 g/mol. The summed E-state index contributed by atoms with van der Waals surface area (Å²) in [7, 11) is 3.09. The molecule has 0 aliphatic heterocycles. The second-order valence-electron chi connectivity index (χ2n) is 6.62. The summed E-state index contributed by atoms with van der Waals surface area (Å²) in [6.07, 6.45) is 1.63. The van der Waals surface area contributed by atoms with Crippen molar-refractivity contribution in [2.75, 3.05) is 14.2 Å². The molecule has 0 heterocycles. The summed E-state index contributed by atoms with van der Waals surface area (Å²) in [5.41, 5.74) is 4.37. The average molecular weight is 453 g/mol. The van der Waals surface area contributed by atoms with Crippen LogP contribution in [0, 0.1) is 0 Å². The van der Waals surface area contributed by atoms with E-state index in [0.717, 1.165) is 11.1 Å². The van der Waals surface area contributed by atoms with Crippen molar-refractivity contribution in [3.05, 3.63) is 88.4 Å².